The number of fused-ring (bicyclic) bond motifs is 1. The highest BCUT2D eigenvalue weighted by molar-refractivity contribution is 6.07. The number of nitrogens with one attached hydrogen (secondary N) is 1. The minimum Gasteiger partial charge on any atom is -0.354 e. The van der Waals surface area contributed by atoms with Gasteiger partial charge in [0.15, 0.2) is 17.3 Å². The standard InChI is InChI=1S/C23H24F2N4O/c1-3-16-6-4-5-11-29(16)23(30)18-13-26-22-17(9-7-14(2)27-22)21(18)28-15-8-10-19(24)20(25)12-15/h7-10,12-13,16H,3-6,11H2,1-2H3,(H,26,27,28)/t16-/m0/s1. The van der Waals surface area contributed by atoms with Crippen LogP contribution in [0, 0.1) is 18.6 Å². The minimum atomic E-state index is -0.956. The van der Waals surface area contributed by atoms with E-state index in [0.717, 1.165) is 43.5 Å². The van der Waals surface area contributed by atoms with E-state index >= 15 is 0 Å². The van der Waals surface area contributed by atoms with E-state index < -0.39 is 11.6 Å². The van der Waals surface area contributed by atoms with Crippen molar-refractivity contribution in [2.75, 3.05) is 11.9 Å². The molecule has 3 aromatic rings. The molecule has 4 rings (SSSR count). The third-order valence-corrected chi connectivity index (χ3v) is 5.65. The molecule has 0 aliphatic carbocycles. The first kappa shape index (κ1) is 20.2. The van der Waals surface area contributed by atoms with Crippen molar-refractivity contribution in [2.45, 2.75) is 45.6 Å². The number of carbonyl (C=O) groups excluding carboxylic acids is 1. The van der Waals surface area contributed by atoms with Crippen LogP contribution in [0.4, 0.5) is 20.2 Å². The summed E-state index contributed by atoms with van der Waals surface area (Å²) in [4.78, 5) is 24.3. The van der Waals surface area contributed by atoms with Crippen LogP contribution in [0.25, 0.3) is 11.0 Å². The first-order chi connectivity index (χ1) is 14.5. The molecule has 5 nitrogen and oxygen atoms in total. The molecule has 1 aliphatic rings. The number of anilines is 2. The van der Waals surface area contributed by atoms with Crippen LogP contribution in [-0.2, 0) is 0 Å². The highest BCUT2D eigenvalue weighted by Crippen LogP contribution is 2.32. The predicted molar refractivity (Wildman–Crippen MR) is 113 cm³/mol. The summed E-state index contributed by atoms with van der Waals surface area (Å²) in [5, 5.41) is 3.78. The Labute approximate surface area is 174 Å². The average Bonchev–Trinajstić information content (AvgIpc) is 2.75. The Balaban J connectivity index is 1.82. The van der Waals surface area contributed by atoms with Crippen LogP contribution >= 0.6 is 0 Å². The van der Waals surface area contributed by atoms with E-state index in [2.05, 4.69) is 22.2 Å². The van der Waals surface area contributed by atoms with Crippen molar-refractivity contribution in [1.29, 1.82) is 0 Å². The Morgan fingerprint density at radius 2 is 2.03 bits per heavy atom. The minimum absolute atomic E-state index is 0.110. The number of carbonyl (C=O) groups is 1. The Hall–Kier alpha value is -3.09. The summed E-state index contributed by atoms with van der Waals surface area (Å²) in [6.07, 6.45) is 5.48. The number of amides is 1. The normalized spacial score (nSPS) is 16.7. The molecule has 1 fully saturated rings. The lowest BCUT2D eigenvalue weighted by atomic mass is 9.98. The number of halogens is 2. The number of rotatable bonds is 4. The molecular formula is C23H24F2N4O. The van der Waals surface area contributed by atoms with Crippen molar-refractivity contribution in [2.24, 2.45) is 0 Å². The van der Waals surface area contributed by atoms with Crippen molar-refractivity contribution in [3.8, 4) is 0 Å². The number of pyridine rings is 2. The number of aromatic nitrogens is 2. The van der Waals surface area contributed by atoms with Crippen molar-refractivity contribution in [3.63, 3.8) is 0 Å². The fourth-order valence-corrected chi connectivity index (χ4v) is 4.03. The van der Waals surface area contributed by atoms with E-state index in [0.29, 0.717) is 34.5 Å². The number of hydrogen-bond acceptors (Lipinski definition) is 4. The topological polar surface area (TPSA) is 58.1 Å². The van der Waals surface area contributed by atoms with Crippen molar-refractivity contribution in [3.05, 3.63) is 59.4 Å². The molecule has 30 heavy (non-hydrogen) atoms. The monoisotopic (exact) mass is 410 g/mol. The Morgan fingerprint density at radius 1 is 1.20 bits per heavy atom. The van der Waals surface area contributed by atoms with Gasteiger partial charge in [-0.3, -0.25) is 4.79 Å². The summed E-state index contributed by atoms with van der Waals surface area (Å²) in [6, 6.07) is 7.45. The fraction of sp³-hybridized carbons (Fsp3) is 0.348. The van der Waals surface area contributed by atoms with Crippen LogP contribution in [-0.4, -0.2) is 33.4 Å². The second-order valence-electron chi connectivity index (χ2n) is 7.68. The smallest absolute Gasteiger partial charge is 0.257 e. The first-order valence-electron chi connectivity index (χ1n) is 10.3. The molecule has 1 atom stereocenters. The third kappa shape index (κ3) is 3.84. The highest BCUT2D eigenvalue weighted by Gasteiger charge is 2.29. The van der Waals surface area contributed by atoms with Crippen LogP contribution in [0.3, 0.4) is 0 Å². The fourth-order valence-electron chi connectivity index (χ4n) is 4.03. The molecule has 0 radical (unpaired) electrons. The SMILES string of the molecule is CC[C@H]1CCCCN1C(=O)c1cnc2nc(C)ccc2c1Nc1ccc(F)c(F)c1. The molecule has 1 N–H and O–H groups in total. The number of benzene rings is 1. The average molecular weight is 410 g/mol. The zero-order valence-electron chi connectivity index (χ0n) is 17.1. The van der Waals surface area contributed by atoms with Gasteiger partial charge in [-0.15, -0.1) is 0 Å². The molecule has 1 aromatic carbocycles. The number of likely N-dealkylation sites (tertiary alicyclic amines) is 1. The van der Waals surface area contributed by atoms with E-state index in [-0.39, 0.29) is 11.9 Å². The quantitative estimate of drug-likeness (QED) is 0.629. The lowest BCUT2D eigenvalue weighted by Crippen LogP contribution is -2.43. The summed E-state index contributed by atoms with van der Waals surface area (Å²) in [5.41, 5.74) is 2.54. The summed E-state index contributed by atoms with van der Waals surface area (Å²) in [7, 11) is 0. The molecule has 7 heteroatoms. The molecule has 0 saturated carbocycles. The molecule has 156 valence electrons. The maximum Gasteiger partial charge on any atom is 0.257 e. The van der Waals surface area contributed by atoms with Gasteiger partial charge in [-0.05, 0) is 56.9 Å². The molecule has 1 aliphatic heterocycles. The van der Waals surface area contributed by atoms with E-state index in [1.807, 2.05) is 24.0 Å². The predicted octanol–water partition coefficient (Wildman–Crippen LogP) is 5.36. The third-order valence-electron chi connectivity index (χ3n) is 5.65. The lowest BCUT2D eigenvalue weighted by molar-refractivity contribution is 0.0609. The van der Waals surface area contributed by atoms with Gasteiger partial charge in [0.2, 0.25) is 0 Å². The number of aryl methyl sites for hydroxylation is 1. The van der Waals surface area contributed by atoms with Gasteiger partial charge in [-0.1, -0.05) is 6.92 Å². The maximum atomic E-state index is 13.8. The van der Waals surface area contributed by atoms with E-state index in [1.54, 1.807) is 0 Å². The van der Waals surface area contributed by atoms with Crippen LogP contribution in [0.2, 0.25) is 0 Å². The number of nitrogens with zero attached hydrogens (tertiary/aromatic N) is 3. The Morgan fingerprint density at radius 3 is 2.80 bits per heavy atom. The summed E-state index contributed by atoms with van der Waals surface area (Å²) in [5.74, 6) is -1.99. The van der Waals surface area contributed by atoms with Crippen LogP contribution in [0.1, 0.15) is 48.7 Å². The summed E-state index contributed by atoms with van der Waals surface area (Å²) in [6.45, 7) is 4.65. The zero-order valence-corrected chi connectivity index (χ0v) is 17.1. The van der Waals surface area contributed by atoms with Crippen molar-refractivity contribution in [1.82, 2.24) is 14.9 Å². The summed E-state index contributed by atoms with van der Waals surface area (Å²) >= 11 is 0. The van der Waals surface area contributed by atoms with Crippen LogP contribution in [0.5, 0.6) is 0 Å². The molecule has 3 heterocycles. The van der Waals surface area contributed by atoms with Crippen LogP contribution < -0.4 is 5.32 Å². The molecule has 1 amide bonds. The second kappa shape index (κ2) is 8.34. The summed E-state index contributed by atoms with van der Waals surface area (Å²) < 4.78 is 27.2. The molecule has 0 spiro atoms. The Kier molecular flexibility index (Phi) is 5.61. The number of piperidine rings is 1. The van der Waals surface area contributed by atoms with Gasteiger partial charge >= 0.3 is 0 Å². The Bertz CT molecular complexity index is 1100. The van der Waals surface area contributed by atoms with Crippen LogP contribution in [0.15, 0.2) is 36.5 Å². The van der Waals surface area contributed by atoms with Gasteiger partial charge in [-0.2, -0.15) is 0 Å². The largest absolute Gasteiger partial charge is 0.354 e. The lowest BCUT2D eigenvalue weighted by Gasteiger charge is -2.35. The highest BCUT2D eigenvalue weighted by atomic mass is 19.2. The zero-order chi connectivity index (χ0) is 21.3. The van der Waals surface area contributed by atoms with Crippen molar-refractivity contribution >= 4 is 28.3 Å². The van der Waals surface area contributed by atoms with Gasteiger partial charge in [-0.25, -0.2) is 18.7 Å². The molecule has 1 saturated heterocycles. The van der Waals surface area contributed by atoms with Gasteiger partial charge in [0.25, 0.3) is 5.91 Å². The second-order valence-corrected chi connectivity index (χ2v) is 7.68. The van der Waals surface area contributed by atoms with E-state index in [1.165, 1.54) is 12.3 Å². The number of hydrogen-bond donors (Lipinski definition) is 1. The van der Waals surface area contributed by atoms with Gasteiger partial charge in [0.1, 0.15) is 0 Å². The molecule has 0 bridgehead atoms. The van der Waals surface area contributed by atoms with Crippen molar-refractivity contribution < 1.29 is 13.6 Å². The maximum absolute atomic E-state index is 13.8. The molecule has 2 aromatic heterocycles. The first-order valence-corrected chi connectivity index (χ1v) is 10.3. The van der Waals surface area contributed by atoms with Gasteiger partial charge in [0.05, 0.1) is 11.3 Å². The molecular weight excluding hydrogens is 386 g/mol. The van der Waals surface area contributed by atoms with E-state index in [9.17, 15) is 13.6 Å². The van der Waals surface area contributed by atoms with Gasteiger partial charge in [0, 0.05) is 41.6 Å². The van der Waals surface area contributed by atoms with E-state index in [4.69, 9.17) is 0 Å². The molecule has 0 unspecified atom stereocenters. The van der Waals surface area contributed by atoms with Gasteiger partial charge < -0.3 is 10.2 Å².